The van der Waals surface area contributed by atoms with Gasteiger partial charge in [0.2, 0.25) is 0 Å². The molecule has 2 rings (SSSR count). The van der Waals surface area contributed by atoms with Crippen molar-refractivity contribution in [3.05, 3.63) is 39.7 Å². The number of nitrogens with two attached hydrogens (primary N) is 1. The van der Waals surface area contributed by atoms with E-state index in [2.05, 4.69) is 9.36 Å². The van der Waals surface area contributed by atoms with Crippen molar-refractivity contribution in [2.45, 2.75) is 23.4 Å². The highest BCUT2D eigenvalue weighted by Crippen LogP contribution is 2.28. The second kappa shape index (κ2) is 5.98. The fourth-order valence-corrected chi connectivity index (χ4v) is 3.06. The molecule has 0 radical (unpaired) electrons. The first-order chi connectivity index (χ1) is 9.10. The second-order valence-corrected chi connectivity index (χ2v) is 5.74. The van der Waals surface area contributed by atoms with Crippen LogP contribution in [0.4, 0.5) is 11.4 Å². The number of aromatic nitrogens is 2. The molecule has 0 saturated heterocycles. The summed E-state index contributed by atoms with van der Waals surface area (Å²) in [5, 5.41) is 10.8. The molecule has 0 aliphatic carbocycles. The highest BCUT2D eigenvalue weighted by molar-refractivity contribution is 8.00. The molecule has 0 spiro atoms. The largest absolute Gasteiger partial charge is 0.393 e. The second-order valence-electron chi connectivity index (χ2n) is 3.77. The van der Waals surface area contributed by atoms with Crippen LogP contribution in [0.1, 0.15) is 18.3 Å². The highest BCUT2D eigenvalue weighted by Gasteiger charge is 2.12. The maximum absolute atomic E-state index is 10.8. The van der Waals surface area contributed by atoms with Gasteiger partial charge in [0.05, 0.1) is 4.92 Å². The molecule has 1 heterocycles. The van der Waals surface area contributed by atoms with E-state index >= 15 is 0 Å². The van der Waals surface area contributed by atoms with Gasteiger partial charge < -0.3 is 5.73 Å². The molecule has 0 amide bonds. The van der Waals surface area contributed by atoms with Crippen molar-refractivity contribution in [3.8, 4) is 0 Å². The van der Waals surface area contributed by atoms with Crippen LogP contribution < -0.4 is 5.73 Å². The first kappa shape index (κ1) is 13.8. The number of rotatable bonds is 5. The van der Waals surface area contributed by atoms with Gasteiger partial charge >= 0.3 is 0 Å². The zero-order chi connectivity index (χ0) is 13.8. The minimum absolute atomic E-state index is 0.0513. The summed E-state index contributed by atoms with van der Waals surface area (Å²) in [4.78, 5) is 14.7. The summed E-state index contributed by atoms with van der Waals surface area (Å²) in [6.07, 6.45) is 0.810. The van der Waals surface area contributed by atoms with Crippen LogP contribution in [0.5, 0.6) is 0 Å². The summed E-state index contributed by atoms with van der Waals surface area (Å²) in [6.45, 7) is 2.00. The summed E-state index contributed by atoms with van der Waals surface area (Å²) in [6, 6.07) is 4.85. The average Bonchev–Trinajstić information content (AvgIpc) is 2.85. The Hall–Kier alpha value is -1.67. The van der Waals surface area contributed by atoms with Crippen molar-refractivity contribution in [3.63, 3.8) is 0 Å². The minimum atomic E-state index is -0.469. The van der Waals surface area contributed by atoms with E-state index in [4.69, 9.17) is 5.73 Å². The molecule has 19 heavy (non-hydrogen) atoms. The van der Waals surface area contributed by atoms with Crippen LogP contribution in [0, 0.1) is 10.1 Å². The van der Waals surface area contributed by atoms with Crippen LogP contribution in [0.25, 0.3) is 0 Å². The topological polar surface area (TPSA) is 94.9 Å². The number of anilines is 1. The van der Waals surface area contributed by atoms with Gasteiger partial charge in [0.1, 0.15) is 11.5 Å². The van der Waals surface area contributed by atoms with Gasteiger partial charge in [0.25, 0.3) is 5.69 Å². The first-order valence-corrected chi connectivity index (χ1v) is 7.34. The van der Waals surface area contributed by atoms with E-state index in [-0.39, 0.29) is 11.4 Å². The van der Waals surface area contributed by atoms with E-state index in [0.717, 1.165) is 22.1 Å². The molecule has 0 bridgehead atoms. The lowest BCUT2D eigenvalue weighted by molar-refractivity contribution is -0.383. The molecule has 8 heteroatoms. The van der Waals surface area contributed by atoms with Crippen LogP contribution >= 0.6 is 23.3 Å². The van der Waals surface area contributed by atoms with Gasteiger partial charge in [-0.15, -0.1) is 0 Å². The van der Waals surface area contributed by atoms with Crippen LogP contribution in [-0.2, 0) is 12.2 Å². The predicted molar refractivity (Wildman–Crippen MR) is 76.4 cm³/mol. The highest BCUT2D eigenvalue weighted by atomic mass is 32.2. The lowest BCUT2D eigenvalue weighted by Gasteiger charge is -2.01. The molecule has 1 aromatic heterocycles. The lowest BCUT2D eigenvalue weighted by atomic mass is 10.2. The van der Waals surface area contributed by atoms with E-state index in [1.54, 1.807) is 12.1 Å². The van der Waals surface area contributed by atoms with Crippen molar-refractivity contribution in [1.29, 1.82) is 0 Å². The fourth-order valence-electron chi connectivity index (χ4n) is 1.42. The van der Waals surface area contributed by atoms with Crippen LogP contribution in [0.2, 0.25) is 0 Å². The Bertz CT molecular complexity index is 600. The molecule has 0 unspecified atom stereocenters. The quantitative estimate of drug-likeness (QED) is 0.394. The molecule has 2 aromatic rings. The van der Waals surface area contributed by atoms with Gasteiger partial charge in [-0.05, 0) is 23.2 Å². The Morgan fingerprint density at radius 3 is 2.95 bits per heavy atom. The van der Waals surface area contributed by atoms with Gasteiger partial charge in [0.15, 0.2) is 4.34 Å². The molecule has 0 aliphatic heterocycles. The molecule has 0 aliphatic rings. The minimum Gasteiger partial charge on any atom is -0.393 e. The van der Waals surface area contributed by atoms with Gasteiger partial charge in [-0.1, -0.05) is 24.8 Å². The Morgan fingerprint density at radius 2 is 2.32 bits per heavy atom. The van der Waals surface area contributed by atoms with Crippen molar-refractivity contribution in [2.24, 2.45) is 0 Å². The fraction of sp³-hybridized carbons (Fsp3) is 0.273. The molecule has 0 atom stereocenters. The summed E-state index contributed by atoms with van der Waals surface area (Å²) in [5.41, 5.74) is 6.53. The zero-order valence-electron chi connectivity index (χ0n) is 10.2. The Labute approximate surface area is 118 Å². The normalized spacial score (nSPS) is 10.6. The SMILES string of the molecule is CCc1nsc(SCc2ccc(N)c([N+](=O)[O-])c2)n1. The van der Waals surface area contributed by atoms with E-state index in [9.17, 15) is 10.1 Å². The number of aryl methyl sites for hydroxylation is 1. The smallest absolute Gasteiger partial charge is 0.292 e. The first-order valence-electron chi connectivity index (χ1n) is 5.58. The number of hydrogen-bond acceptors (Lipinski definition) is 7. The maximum atomic E-state index is 10.8. The van der Waals surface area contributed by atoms with Gasteiger partial charge in [-0.25, -0.2) is 4.98 Å². The van der Waals surface area contributed by atoms with Crippen LogP contribution in [0.3, 0.4) is 0 Å². The Morgan fingerprint density at radius 1 is 1.53 bits per heavy atom. The van der Waals surface area contributed by atoms with E-state index < -0.39 is 4.92 Å². The molecule has 0 fully saturated rings. The Kier molecular flexibility index (Phi) is 4.33. The molecule has 0 saturated carbocycles. The van der Waals surface area contributed by atoms with E-state index in [1.807, 2.05) is 6.92 Å². The molecule has 6 nitrogen and oxygen atoms in total. The average molecular weight is 296 g/mol. The Balaban J connectivity index is 2.07. The molecule has 2 N–H and O–H groups in total. The number of nitrogen functional groups attached to an aromatic ring is 1. The van der Waals surface area contributed by atoms with Gasteiger partial charge in [-0.3, -0.25) is 10.1 Å². The number of hydrogen-bond donors (Lipinski definition) is 1. The van der Waals surface area contributed by atoms with Gasteiger partial charge in [0, 0.05) is 18.2 Å². The third-order valence-corrected chi connectivity index (χ3v) is 4.36. The number of benzene rings is 1. The lowest BCUT2D eigenvalue weighted by Crippen LogP contribution is -1.96. The monoisotopic (exact) mass is 296 g/mol. The molecule has 100 valence electrons. The van der Waals surface area contributed by atoms with Crippen molar-refractivity contribution >= 4 is 34.7 Å². The third kappa shape index (κ3) is 3.42. The summed E-state index contributed by atoms with van der Waals surface area (Å²) >= 11 is 2.87. The van der Waals surface area contributed by atoms with Crippen molar-refractivity contribution < 1.29 is 4.92 Å². The predicted octanol–water partition coefficient (Wildman–Crippen LogP) is 2.88. The summed E-state index contributed by atoms with van der Waals surface area (Å²) < 4.78 is 5.06. The number of nitro groups is 1. The molecular weight excluding hydrogens is 284 g/mol. The molecular formula is C11H12N4O2S2. The van der Waals surface area contributed by atoms with E-state index in [0.29, 0.717) is 5.75 Å². The van der Waals surface area contributed by atoms with Gasteiger partial charge in [-0.2, -0.15) is 4.37 Å². The summed E-state index contributed by atoms with van der Waals surface area (Å²) in [5.74, 6) is 1.44. The maximum Gasteiger partial charge on any atom is 0.292 e. The van der Waals surface area contributed by atoms with E-state index in [1.165, 1.54) is 29.4 Å². The number of nitrogens with zero attached hydrogens (tertiary/aromatic N) is 3. The van der Waals surface area contributed by atoms with Crippen molar-refractivity contribution in [2.75, 3.05) is 5.73 Å². The number of nitro benzene ring substituents is 1. The van der Waals surface area contributed by atoms with Crippen LogP contribution in [-0.4, -0.2) is 14.3 Å². The zero-order valence-corrected chi connectivity index (χ0v) is 11.8. The number of thioether (sulfide) groups is 1. The molecule has 1 aromatic carbocycles. The van der Waals surface area contributed by atoms with Crippen LogP contribution in [0.15, 0.2) is 22.5 Å². The summed E-state index contributed by atoms with van der Waals surface area (Å²) in [7, 11) is 0. The standard InChI is InChI=1S/C11H12N4O2S2/c1-2-10-13-11(19-14-10)18-6-7-3-4-8(12)9(5-7)15(16)17/h3-5H,2,6,12H2,1H3. The third-order valence-electron chi connectivity index (χ3n) is 2.42. The van der Waals surface area contributed by atoms with Crippen molar-refractivity contribution in [1.82, 2.24) is 9.36 Å².